The predicted molar refractivity (Wildman–Crippen MR) is 115 cm³/mol. The van der Waals surface area contributed by atoms with Crippen LogP contribution < -0.4 is 15.0 Å². The molecular formula is C23H24N4O3. The molecule has 0 radical (unpaired) electrons. The van der Waals surface area contributed by atoms with Gasteiger partial charge in [-0.15, -0.1) is 0 Å². The lowest BCUT2D eigenvalue weighted by atomic mass is 9.85. The highest BCUT2D eigenvalue weighted by Gasteiger charge is 2.36. The van der Waals surface area contributed by atoms with Crippen LogP contribution in [0.2, 0.25) is 0 Å². The summed E-state index contributed by atoms with van der Waals surface area (Å²) in [5.41, 5.74) is 3.24. The molecule has 154 valence electrons. The first-order chi connectivity index (χ1) is 14.6. The van der Waals surface area contributed by atoms with Crippen LogP contribution in [0.3, 0.4) is 0 Å². The third kappa shape index (κ3) is 3.30. The number of imidazole rings is 1. The Bertz CT molecular complexity index is 1120. The van der Waals surface area contributed by atoms with Crippen LogP contribution in [0.25, 0.3) is 11.0 Å². The fraction of sp³-hybridized carbons (Fsp3) is 0.348. The minimum Gasteiger partial charge on any atom is -0.495 e. The predicted octanol–water partition coefficient (Wildman–Crippen LogP) is 3.83. The SMILES string of the molecule is COc1ccccc1N1CC(C(=O)Nc2ccc3nc(C4CCC4)[nH]c3c2)CC1=O. The highest BCUT2D eigenvalue weighted by molar-refractivity contribution is 6.04. The molecule has 2 aromatic carbocycles. The molecule has 2 amide bonds. The molecule has 7 heteroatoms. The first kappa shape index (κ1) is 18.7. The van der Waals surface area contributed by atoms with Gasteiger partial charge in [-0.05, 0) is 43.2 Å². The summed E-state index contributed by atoms with van der Waals surface area (Å²) in [4.78, 5) is 35.1. The van der Waals surface area contributed by atoms with Crippen LogP contribution in [0, 0.1) is 5.92 Å². The molecular weight excluding hydrogens is 380 g/mol. The van der Waals surface area contributed by atoms with Crippen LogP contribution >= 0.6 is 0 Å². The maximum absolute atomic E-state index is 12.8. The van der Waals surface area contributed by atoms with E-state index in [-0.39, 0.29) is 18.2 Å². The summed E-state index contributed by atoms with van der Waals surface area (Å²) in [5, 5.41) is 2.97. The van der Waals surface area contributed by atoms with Crippen LogP contribution in [-0.2, 0) is 9.59 Å². The van der Waals surface area contributed by atoms with E-state index in [1.54, 1.807) is 12.0 Å². The summed E-state index contributed by atoms with van der Waals surface area (Å²) < 4.78 is 5.37. The number of H-pyrrole nitrogens is 1. The average Bonchev–Trinajstić information content (AvgIpc) is 3.29. The number of rotatable bonds is 5. The number of amides is 2. The molecule has 2 aliphatic rings. The normalized spacial score (nSPS) is 19.2. The van der Waals surface area contributed by atoms with Crippen molar-refractivity contribution in [3.05, 3.63) is 48.3 Å². The number of benzene rings is 2. The number of methoxy groups -OCH3 is 1. The monoisotopic (exact) mass is 404 g/mol. The van der Waals surface area contributed by atoms with Crippen LogP contribution in [-0.4, -0.2) is 35.4 Å². The van der Waals surface area contributed by atoms with E-state index in [1.807, 2.05) is 42.5 Å². The van der Waals surface area contributed by atoms with Gasteiger partial charge in [-0.1, -0.05) is 18.6 Å². The number of fused-ring (bicyclic) bond motifs is 1. The fourth-order valence-corrected chi connectivity index (χ4v) is 4.20. The molecule has 2 N–H and O–H groups in total. The van der Waals surface area contributed by atoms with Gasteiger partial charge < -0.3 is 19.9 Å². The number of nitrogens with one attached hydrogen (secondary N) is 2. The van der Waals surface area contributed by atoms with Gasteiger partial charge in [0.25, 0.3) is 0 Å². The second-order valence-electron chi connectivity index (χ2n) is 8.05. The van der Waals surface area contributed by atoms with E-state index in [0.29, 0.717) is 29.6 Å². The Morgan fingerprint density at radius 2 is 2.07 bits per heavy atom. The second-order valence-corrected chi connectivity index (χ2v) is 8.05. The van der Waals surface area contributed by atoms with E-state index in [2.05, 4.69) is 15.3 Å². The lowest BCUT2D eigenvalue weighted by molar-refractivity contribution is -0.122. The third-order valence-corrected chi connectivity index (χ3v) is 6.13. The third-order valence-electron chi connectivity index (χ3n) is 6.13. The van der Waals surface area contributed by atoms with E-state index < -0.39 is 5.92 Å². The van der Waals surface area contributed by atoms with E-state index in [0.717, 1.165) is 16.9 Å². The van der Waals surface area contributed by atoms with Crippen molar-refractivity contribution in [3.63, 3.8) is 0 Å². The maximum atomic E-state index is 12.8. The van der Waals surface area contributed by atoms with Gasteiger partial charge in [0.2, 0.25) is 11.8 Å². The first-order valence-corrected chi connectivity index (χ1v) is 10.4. The second kappa shape index (κ2) is 7.48. The lowest BCUT2D eigenvalue weighted by Crippen LogP contribution is -2.28. The first-order valence-electron chi connectivity index (χ1n) is 10.4. The van der Waals surface area contributed by atoms with Crippen LogP contribution in [0.5, 0.6) is 5.75 Å². The fourth-order valence-electron chi connectivity index (χ4n) is 4.20. The molecule has 0 spiro atoms. The number of nitrogens with zero attached hydrogens (tertiary/aromatic N) is 2. The van der Waals surface area contributed by atoms with Crippen molar-refractivity contribution in [2.45, 2.75) is 31.6 Å². The molecule has 1 atom stereocenters. The number of carbonyl (C=O) groups excluding carboxylic acids is 2. The van der Waals surface area contributed by atoms with Gasteiger partial charge in [-0.25, -0.2) is 4.98 Å². The molecule has 5 rings (SSSR count). The van der Waals surface area contributed by atoms with Gasteiger partial charge in [0.1, 0.15) is 11.6 Å². The van der Waals surface area contributed by atoms with Gasteiger partial charge in [-0.2, -0.15) is 0 Å². The molecule has 1 aliphatic carbocycles. The smallest absolute Gasteiger partial charge is 0.229 e. The summed E-state index contributed by atoms with van der Waals surface area (Å²) in [5.74, 6) is 1.55. The van der Waals surface area contributed by atoms with Crippen molar-refractivity contribution >= 4 is 34.2 Å². The van der Waals surface area contributed by atoms with E-state index in [9.17, 15) is 9.59 Å². The molecule has 1 aliphatic heterocycles. The Morgan fingerprint density at radius 3 is 2.83 bits per heavy atom. The molecule has 1 unspecified atom stereocenters. The summed E-state index contributed by atoms with van der Waals surface area (Å²) in [6.07, 6.45) is 3.81. The van der Waals surface area contributed by atoms with Crippen molar-refractivity contribution in [3.8, 4) is 5.75 Å². The van der Waals surface area contributed by atoms with Crippen LogP contribution in [0.15, 0.2) is 42.5 Å². The minimum atomic E-state index is -0.412. The molecule has 2 fully saturated rings. The van der Waals surface area contributed by atoms with E-state index in [4.69, 9.17) is 4.74 Å². The molecule has 7 nitrogen and oxygen atoms in total. The molecule has 2 heterocycles. The topological polar surface area (TPSA) is 87.3 Å². The van der Waals surface area contributed by atoms with Gasteiger partial charge in [-0.3, -0.25) is 9.59 Å². The summed E-state index contributed by atoms with van der Waals surface area (Å²) in [6, 6.07) is 13.1. The van der Waals surface area contributed by atoms with Crippen molar-refractivity contribution in [2.75, 3.05) is 23.9 Å². The quantitative estimate of drug-likeness (QED) is 0.677. The number of ether oxygens (including phenoxy) is 1. The van der Waals surface area contributed by atoms with Gasteiger partial charge >= 0.3 is 0 Å². The number of carbonyl (C=O) groups is 2. The van der Waals surface area contributed by atoms with Gasteiger partial charge in [0.15, 0.2) is 0 Å². The van der Waals surface area contributed by atoms with Gasteiger partial charge in [0.05, 0.1) is 29.7 Å². The van der Waals surface area contributed by atoms with Crippen molar-refractivity contribution < 1.29 is 14.3 Å². The molecule has 3 aromatic rings. The number of hydrogen-bond donors (Lipinski definition) is 2. The Balaban J connectivity index is 1.30. The van der Waals surface area contributed by atoms with E-state index in [1.165, 1.54) is 19.3 Å². The average molecular weight is 404 g/mol. The zero-order valence-corrected chi connectivity index (χ0v) is 16.9. The van der Waals surface area contributed by atoms with Gasteiger partial charge in [0, 0.05) is 24.6 Å². The summed E-state index contributed by atoms with van der Waals surface area (Å²) >= 11 is 0. The number of para-hydroxylation sites is 2. The highest BCUT2D eigenvalue weighted by atomic mass is 16.5. The molecule has 1 saturated carbocycles. The molecule has 1 saturated heterocycles. The maximum Gasteiger partial charge on any atom is 0.229 e. The summed E-state index contributed by atoms with van der Waals surface area (Å²) in [6.45, 7) is 0.336. The van der Waals surface area contributed by atoms with Crippen molar-refractivity contribution in [1.29, 1.82) is 0 Å². The zero-order chi connectivity index (χ0) is 20.7. The number of aromatic nitrogens is 2. The number of hydrogen-bond acceptors (Lipinski definition) is 4. The van der Waals surface area contributed by atoms with Crippen LogP contribution in [0.4, 0.5) is 11.4 Å². The minimum absolute atomic E-state index is 0.0752. The Kier molecular flexibility index (Phi) is 4.65. The lowest BCUT2D eigenvalue weighted by Gasteiger charge is -2.22. The van der Waals surface area contributed by atoms with Crippen molar-refractivity contribution in [2.24, 2.45) is 5.92 Å². The van der Waals surface area contributed by atoms with E-state index >= 15 is 0 Å². The Morgan fingerprint density at radius 1 is 1.23 bits per heavy atom. The zero-order valence-electron chi connectivity index (χ0n) is 16.9. The Labute approximate surface area is 174 Å². The van der Waals surface area contributed by atoms with Crippen molar-refractivity contribution in [1.82, 2.24) is 9.97 Å². The summed E-state index contributed by atoms with van der Waals surface area (Å²) in [7, 11) is 1.57. The number of aromatic amines is 1. The Hall–Kier alpha value is -3.35. The highest BCUT2D eigenvalue weighted by Crippen LogP contribution is 2.36. The van der Waals surface area contributed by atoms with Crippen LogP contribution in [0.1, 0.15) is 37.4 Å². The number of anilines is 2. The molecule has 30 heavy (non-hydrogen) atoms. The largest absolute Gasteiger partial charge is 0.495 e. The standard InChI is InChI=1S/C23H24N4O3/c1-30-20-8-3-2-7-19(20)27-13-15(11-21(27)28)23(29)24-16-9-10-17-18(12-16)26-22(25-17)14-5-4-6-14/h2-3,7-10,12,14-15H,4-6,11,13H2,1H3,(H,24,29)(H,25,26). The molecule has 1 aromatic heterocycles. The molecule has 0 bridgehead atoms.